The van der Waals surface area contributed by atoms with Gasteiger partial charge in [0, 0.05) is 17.7 Å². The molecule has 1 heterocycles. The molecule has 4 heteroatoms. The van der Waals surface area contributed by atoms with Crippen LogP contribution >= 0.6 is 0 Å². The summed E-state index contributed by atoms with van der Waals surface area (Å²) in [6.45, 7) is 7.82. The quantitative estimate of drug-likeness (QED) is 0.685. The summed E-state index contributed by atoms with van der Waals surface area (Å²) in [7, 11) is 0. The molecule has 0 saturated heterocycles. The van der Waals surface area contributed by atoms with E-state index in [1.165, 1.54) is 10.2 Å². The van der Waals surface area contributed by atoms with Crippen LogP contribution in [0.1, 0.15) is 38.4 Å². The Labute approximate surface area is 154 Å². The van der Waals surface area contributed by atoms with Crippen molar-refractivity contribution in [2.45, 2.75) is 34.1 Å². The highest BCUT2D eigenvalue weighted by Gasteiger charge is 2.18. The number of carbonyl (C=O) groups excluding carboxylic acids is 1. The number of benzene rings is 2. The van der Waals surface area contributed by atoms with Gasteiger partial charge in [0.25, 0.3) is 5.91 Å². The molecule has 0 radical (unpaired) electrons. The second-order valence-electron chi connectivity index (χ2n) is 6.63. The Hall–Kier alpha value is -2.88. The summed E-state index contributed by atoms with van der Waals surface area (Å²) >= 11 is 0. The predicted octanol–water partition coefficient (Wildman–Crippen LogP) is 4.43. The highest BCUT2D eigenvalue weighted by Crippen LogP contribution is 2.23. The lowest BCUT2D eigenvalue weighted by Gasteiger charge is -2.11. The normalized spacial score (nSPS) is 10.8. The van der Waals surface area contributed by atoms with Crippen molar-refractivity contribution in [2.75, 3.05) is 6.61 Å². The molecule has 0 fully saturated rings. The lowest BCUT2D eigenvalue weighted by atomic mass is 10.0. The first-order valence-electron chi connectivity index (χ1n) is 8.78. The van der Waals surface area contributed by atoms with Crippen LogP contribution < -0.4 is 4.74 Å². The van der Waals surface area contributed by atoms with Gasteiger partial charge >= 0.3 is 0 Å². The third-order valence-corrected chi connectivity index (χ3v) is 4.65. The first kappa shape index (κ1) is 17.9. The standard InChI is InChI=1S/C22H24N2O2/c1-15-9-8-10-16(2)22(15)26-14-21(25)24-18(4)20(17(3)23-24)13-19-11-6-5-7-12-19/h5-12H,13-14H2,1-4H3. The van der Waals surface area contributed by atoms with E-state index in [-0.39, 0.29) is 12.5 Å². The number of nitrogens with zero attached hydrogens (tertiary/aromatic N) is 2. The van der Waals surface area contributed by atoms with E-state index in [0.29, 0.717) is 0 Å². The summed E-state index contributed by atoms with van der Waals surface area (Å²) in [4.78, 5) is 12.7. The summed E-state index contributed by atoms with van der Waals surface area (Å²) in [5.74, 6) is 0.611. The van der Waals surface area contributed by atoms with Crippen molar-refractivity contribution in [3.05, 3.63) is 82.2 Å². The number of carbonyl (C=O) groups is 1. The van der Waals surface area contributed by atoms with E-state index in [9.17, 15) is 4.79 Å². The maximum absolute atomic E-state index is 12.7. The average molecular weight is 348 g/mol. The maximum Gasteiger partial charge on any atom is 0.284 e. The van der Waals surface area contributed by atoms with Gasteiger partial charge in [-0.15, -0.1) is 0 Å². The van der Waals surface area contributed by atoms with Crippen molar-refractivity contribution in [3.8, 4) is 5.75 Å². The van der Waals surface area contributed by atoms with Crippen LogP contribution in [-0.4, -0.2) is 22.3 Å². The largest absolute Gasteiger partial charge is 0.483 e. The Kier molecular flexibility index (Phi) is 5.21. The molecule has 134 valence electrons. The summed E-state index contributed by atoms with van der Waals surface area (Å²) < 4.78 is 7.27. The van der Waals surface area contributed by atoms with E-state index in [0.717, 1.165) is 40.2 Å². The van der Waals surface area contributed by atoms with Crippen LogP contribution in [0.4, 0.5) is 0 Å². The molecule has 0 saturated carbocycles. The van der Waals surface area contributed by atoms with Crippen LogP contribution in [0.15, 0.2) is 48.5 Å². The van der Waals surface area contributed by atoms with E-state index in [4.69, 9.17) is 4.74 Å². The molecule has 0 atom stereocenters. The molecular weight excluding hydrogens is 324 g/mol. The number of para-hydroxylation sites is 1. The van der Waals surface area contributed by atoms with Crippen molar-refractivity contribution in [3.63, 3.8) is 0 Å². The molecule has 0 aliphatic heterocycles. The fourth-order valence-corrected chi connectivity index (χ4v) is 3.20. The molecule has 0 N–H and O–H groups in total. The fourth-order valence-electron chi connectivity index (χ4n) is 3.20. The van der Waals surface area contributed by atoms with Crippen molar-refractivity contribution in [2.24, 2.45) is 0 Å². The third kappa shape index (κ3) is 3.69. The number of rotatable bonds is 5. The minimum Gasteiger partial charge on any atom is -0.483 e. The molecule has 0 bridgehead atoms. The Morgan fingerprint density at radius 3 is 2.27 bits per heavy atom. The van der Waals surface area contributed by atoms with Gasteiger partial charge in [0.2, 0.25) is 0 Å². The molecule has 4 nitrogen and oxygen atoms in total. The summed E-state index contributed by atoms with van der Waals surface area (Å²) in [5.41, 5.74) is 6.11. The second kappa shape index (κ2) is 7.56. The first-order valence-corrected chi connectivity index (χ1v) is 8.78. The Balaban J connectivity index is 1.77. The smallest absolute Gasteiger partial charge is 0.284 e. The van der Waals surface area contributed by atoms with Gasteiger partial charge in [0.15, 0.2) is 6.61 Å². The van der Waals surface area contributed by atoms with E-state index in [1.807, 2.05) is 64.1 Å². The lowest BCUT2D eigenvalue weighted by Crippen LogP contribution is -2.22. The second-order valence-corrected chi connectivity index (χ2v) is 6.63. The van der Waals surface area contributed by atoms with Gasteiger partial charge in [0.1, 0.15) is 5.75 Å². The lowest BCUT2D eigenvalue weighted by molar-refractivity contribution is 0.0817. The molecule has 1 aromatic heterocycles. The van der Waals surface area contributed by atoms with Crippen LogP contribution in [0.3, 0.4) is 0 Å². The summed E-state index contributed by atoms with van der Waals surface area (Å²) in [6, 6.07) is 16.2. The predicted molar refractivity (Wildman–Crippen MR) is 103 cm³/mol. The minimum atomic E-state index is -0.160. The van der Waals surface area contributed by atoms with E-state index >= 15 is 0 Å². The topological polar surface area (TPSA) is 44.1 Å². The van der Waals surface area contributed by atoms with E-state index in [1.54, 1.807) is 0 Å². The van der Waals surface area contributed by atoms with Gasteiger partial charge in [0.05, 0.1) is 5.69 Å². The van der Waals surface area contributed by atoms with Crippen molar-refractivity contribution < 1.29 is 9.53 Å². The molecule has 0 unspecified atom stereocenters. The van der Waals surface area contributed by atoms with Crippen molar-refractivity contribution in [1.29, 1.82) is 0 Å². The van der Waals surface area contributed by atoms with Gasteiger partial charge in [-0.05, 0) is 44.4 Å². The number of hydrogen-bond acceptors (Lipinski definition) is 3. The molecule has 2 aromatic carbocycles. The highest BCUT2D eigenvalue weighted by molar-refractivity contribution is 5.80. The van der Waals surface area contributed by atoms with Gasteiger partial charge in [-0.2, -0.15) is 5.10 Å². The first-order chi connectivity index (χ1) is 12.5. The van der Waals surface area contributed by atoms with Crippen LogP contribution in [0.2, 0.25) is 0 Å². The fraction of sp³-hybridized carbons (Fsp3) is 0.273. The van der Waals surface area contributed by atoms with Gasteiger partial charge in [-0.3, -0.25) is 4.79 Å². The van der Waals surface area contributed by atoms with Crippen molar-refractivity contribution in [1.82, 2.24) is 9.78 Å². The van der Waals surface area contributed by atoms with Crippen LogP contribution in [0.25, 0.3) is 0 Å². The maximum atomic E-state index is 12.7. The molecule has 0 aliphatic rings. The SMILES string of the molecule is Cc1cccc(C)c1OCC(=O)n1nc(C)c(Cc2ccccc2)c1C. The van der Waals surface area contributed by atoms with Crippen LogP contribution in [0, 0.1) is 27.7 Å². The molecule has 0 aliphatic carbocycles. The zero-order valence-electron chi connectivity index (χ0n) is 15.7. The number of hydrogen-bond donors (Lipinski definition) is 0. The zero-order valence-corrected chi connectivity index (χ0v) is 15.7. The van der Waals surface area contributed by atoms with Crippen LogP contribution in [0.5, 0.6) is 5.75 Å². The van der Waals surface area contributed by atoms with Gasteiger partial charge in [-0.1, -0.05) is 48.5 Å². The summed E-state index contributed by atoms with van der Waals surface area (Å²) in [5, 5.41) is 4.45. The Bertz CT molecular complexity index is 907. The van der Waals surface area contributed by atoms with E-state index < -0.39 is 0 Å². The van der Waals surface area contributed by atoms with Gasteiger partial charge in [-0.25, -0.2) is 4.68 Å². The molecule has 0 amide bonds. The molecular formula is C22H24N2O2. The molecule has 26 heavy (non-hydrogen) atoms. The average Bonchev–Trinajstić information content (AvgIpc) is 2.90. The zero-order chi connectivity index (χ0) is 18.7. The Morgan fingerprint density at radius 1 is 0.962 bits per heavy atom. The van der Waals surface area contributed by atoms with E-state index in [2.05, 4.69) is 17.2 Å². The number of aryl methyl sites for hydroxylation is 3. The number of aromatic nitrogens is 2. The summed E-state index contributed by atoms with van der Waals surface area (Å²) in [6.07, 6.45) is 0.767. The Morgan fingerprint density at radius 2 is 1.62 bits per heavy atom. The van der Waals surface area contributed by atoms with Gasteiger partial charge < -0.3 is 4.74 Å². The van der Waals surface area contributed by atoms with Crippen LogP contribution in [-0.2, 0) is 6.42 Å². The highest BCUT2D eigenvalue weighted by atomic mass is 16.5. The van der Waals surface area contributed by atoms with Crippen molar-refractivity contribution >= 4 is 5.91 Å². The monoisotopic (exact) mass is 348 g/mol. The molecule has 3 aromatic rings. The molecule has 0 spiro atoms. The molecule has 3 rings (SSSR count). The number of ether oxygens (including phenoxy) is 1. The minimum absolute atomic E-state index is 0.0293. The third-order valence-electron chi connectivity index (χ3n) is 4.65.